The lowest BCUT2D eigenvalue weighted by Crippen LogP contribution is -2.36. The lowest BCUT2D eigenvalue weighted by molar-refractivity contribution is 0.0915. The number of aromatic amines is 1. The zero-order valence-electron chi connectivity index (χ0n) is 21.9. The van der Waals surface area contributed by atoms with Gasteiger partial charge in [0.05, 0.1) is 11.9 Å². The van der Waals surface area contributed by atoms with Crippen molar-refractivity contribution in [2.45, 2.75) is 38.0 Å². The van der Waals surface area contributed by atoms with Gasteiger partial charge in [0.15, 0.2) is 11.6 Å². The van der Waals surface area contributed by atoms with E-state index in [9.17, 15) is 4.79 Å². The van der Waals surface area contributed by atoms with E-state index < -0.39 is 0 Å². The Morgan fingerprint density at radius 3 is 1.95 bits per heavy atom. The van der Waals surface area contributed by atoms with E-state index in [0.29, 0.717) is 12.2 Å². The summed E-state index contributed by atoms with van der Waals surface area (Å²) in [5, 5.41) is 0. The number of Topliss-reactive ketones (excluding diaryl/α,β-unsaturated/α-hetero) is 1. The number of imidazole rings is 1. The Balaban J connectivity index is 1.47. The molecule has 0 aliphatic rings. The summed E-state index contributed by atoms with van der Waals surface area (Å²) in [5.74, 6) is 0.712. The smallest absolute Gasteiger partial charge is 0.198 e. The van der Waals surface area contributed by atoms with Gasteiger partial charge in [-0.05, 0) is 47.4 Å². The Labute approximate surface area is 225 Å². The second-order valence-electron chi connectivity index (χ2n) is 10.3. The topological polar surface area (TPSA) is 45.8 Å². The molecule has 2 atom stereocenters. The summed E-state index contributed by atoms with van der Waals surface area (Å²) >= 11 is 0. The van der Waals surface area contributed by atoms with Crippen molar-refractivity contribution >= 4 is 5.78 Å². The molecular formula is C35H34N2O. The van der Waals surface area contributed by atoms with Gasteiger partial charge in [0.25, 0.3) is 0 Å². The fraction of sp³-hybridized carbons (Fsp3) is 0.200. The van der Waals surface area contributed by atoms with Crippen LogP contribution in [0.15, 0.2) is 128 Å². The van der Waals surface area contributed by atoms with Crippen LogP contribution >= 0.6 is 0 Å². The Hall–Kier alpha value is -4.24. The molecule has 38 heavy (non-hydrogen) atoms. The highest BCUT2D eigenvalue weighted by atomic mass is 16.1. The number of nitrogens with one attached hydrogen (secondary N) is 1. The number of rotatable bonds is 11. The Bertz CT molecular complexity index is 1430. The standard InChI is InChI=1S/C35H34N2O/c1-35(30-20-12-5-13-21-30,25-33(38)34-36-26-32(37-34)29-18-10-4-11-19-29)31(24-28-16-8-3-9-17-28)23-22-27-14-6-2-7-15-27/h2-21,26,31H,22-25H2,1H3,(H,36,37). The number of hydrogen-bond donors (Lipinski definition) is 1. The van der Waals surface area contributed by atoms with Gasteiger partial charge in [0.2, 0.25) is 0 Å². The summed E-state index contributed by atoms with van der Waals surface area (Å²) in [6.07, 6.45) is 4.99. The van der Waals surface area contributed by atoms with Crippen LogP contribution in [-0.2, 0) is 18.3 Å². The molecule has 2 unspecified atom stereocenters. The van der Waals surface area contributed by atoms with E-state index in [0.717, 1.165) is 30.5 Å². The molecule has 4 aromatic carbocycles. The molecule has 5 rings (SSSR count). The minimum atomic E-state index is -0.372. The van der Waals surface area contributed by atoms with Gasteiger partial charge in [-0.15, -0.1) is 0 Å². The largest absolute Gasteiger partial charge is 0.335 e. The molecule has 3 nitrogen and oxygen atoms in total. The highest BCUT2D eigenvalue weighted by molar-refractivity contribution is 5.94. The Morgan fingerprint density at radius 2 is 1.32 bits per heavy atom. The number of ketones is 1. The van der Waals surface area contributed by atoms with Crippen LogP contribution in [0, 0.1) is 5.92 Å². The van der Waals surface area contributed by atoms with Gasteiger partial charge < -0.3 is 4.98 Å². The summed E-state index contributed by atoms with van der Waals surface area (Å²) in [6.45, 7) is 2.26. The molecule has 3 heteroatoms. The maximum atomic E-state index is 13.8. The Kier molecular flexibility index (Phi) is 7.94. The first-order valence-corrected chi connectivity index (χ1v) is 13.4. The quantitative estimate of drug-likeness (QED) is 0.187. The highest BCUT2D eigenvalue weighted by Crippen LogP contribution is 2.41. The van der Waals surface area contributed by atoms with E-state index >= 15 is 0 Å². The Morgan fingerprint density at radius 1 is 0.763 bits per heavy atom. The first-order chi connectivity index (χ1) is 18.6. The van der Waals surface area contributed by atoms with Crippen molar-refractivity contribution < 1.29 is 4.79 Å². The predicted molar refractivity (Wildman–Crippen MR) is 155 cm³/mol. The fourth-order valence-corrected chi connectivity index (χ4v) is 5.48. The van der Waals surface area contributed by atoms with E-state index in [1.54, 1.807) is 6.20 Å². The zero-order chi connectivity index (χ0) is 26.2. The lowest BCUT2D eigenvalue weighted by atomic mass is 9.65. The molecule has 0 radical (unpaired) electrons. The normalized spacial score (nSPS) is 13.5. The van der Waals surface area contributed by atoms with Crippen LogP contribution in [0.5, 0.6) is 0 Å². The average Bonchev–Trinajstić information content (AvgIpc) is 3.48. The van der Waals surface area contributed by atoms with Gasteiger partial charge in [-0.25, -0.2) is 4.98 Å². The van der Waals surface area contributed by atoms with Gasteiger partial charge in [-0.1, -0.05) is 128 Å². The van der Waals surface area contributed by atoms with Crippen LogP contribution < -0.4 is 0 Å². The van der Waals surface area contributed by atoms with Crippen LogP contribution in [-0.4, -0.2) is 15.8 Å². The summed E-state index contributed by atoms with van der Waals surface area (Å²) in [5.41, 5.74) is 5.32. The number of aryl methyl sites for hydroxylation is 1. The summed E-state index contributed by atoms with van der Waals surface area (Å²) in [4.78, 5) is 21.6. The summed E-state index contributed by atoms with van der Waals surface area (Å²) in [6, 6.07) is 41.9. The number of carbonyl (C=O) groups is 1. The molecule has 0 spiro atoms. The van der Waals surface area contributed by atoms with Crippen LogP contribution in [0.1, 0.15) is 47.1 Å². The molecule has 5 aromatic rings. The van der Waals surface area contributed by atoms with Gasteiger partial charge in [0.1, 0.15) is 0 Å². The number of benzene rings is 4. The molecule has 0 bridgehead atoms. The minimum absolute atomic E-state index is 0.0382. The molecule has 0 saturated heterocycles. The molecule has 1 heterocycles. The minimum Gasteiger partial charge on any atom is -0.335 e. The first kappa shape index (κ1) is 25.4. The second kappa shape index (κ2) is 11.9. The van der Waals surface area contributed by atoms with Crippen LogP contribution in [0.2, 0.25) is 0 Å². The lowest BCUT2D eigenvalue weighted by Gasteiger charge is -2.38. The van der Waals surface area contributed by atoms with Crippen molar-refractivity contribution in [1.29, 1.82) is 0 Å². The van der Waals surface area contributed by atoms with Crippen molar-refractivity contribution in [3.63, 3.8) is 0 Å². The monoisotopic (exact) mass is 498 g/mol. The van der Waals surface area contributed by atoms with E-state index in [1.807, 2.05) is 36.4 Å². The first-order valence-electron chi connectivity index (χ1n) is 13.4. The molecule has 0 amide bonds. The van der Waals surface area contributed by atoms with Crippen LogP contribution in [0.4, 0.5) is 0 Å². The number of nitrogens with zero attached hydrogens (tertiary/aromatic N) is 1. The van der Waals surface area contributed by atoms with E-state index in [4.69, 9.17) is 0 Å². The van der Waals surface area contributed by atoms with Crippen molar-refractivity contribution in [3.05, 3.63) is 150 Å². The maximum Gasteiger partial charge on any atom is 0.198 e. The number of aromatic nitrogens is 2. The predicted octanol–water partition coefficient (Wildman–Crippen LogP) is 8.10. The van der Waals surface area contributed by atoms with E-state index in [-0.39, 0.29) is 17.1 Å². The molecule has 1 N–H and O–H groups in total. The van der Waals surface area contributed by atoms with E-state index in [1.165, 1.54) is 16.7 Å². The van der Waals surface area contributed by atoms with Gasteiger partial charge in [-0.3, -0.25) is 4.79 Å². The molecule has 0 saturated carbocycles. The fourth-order valence-electron chi connectivity index (χ4n) is 5.48. The second-order valence-corrected chi connectivity index (χ2v) is 10.3. The van der Waals surface area contributed by atoms with Gasteiger partial charge in [0, 0.05) is 11.8 Å². The molecule has 190 valence electrons. The average molecular weight is 499 g/mol. The molecule has 0 aliphatic carbocycles. The third kappa shape index (κ3) is 6.00. The zero-order valence-corrected chi connectivity index (χ0v) is 21.9. The van der Waals surface area contributed by atoms with Crippen molar-refractivity contribution in [2.75, 3.05) is 0 Å². The van der Waals surface area contributed by atoms with Crippen molar-refractivity contribution in [3.8, 4) is 11.3 Å². The van der Waals surface area contributed by atoms with Crippen molar-refractivity contribution in [1.82, 2.24) is 9.97 Å². The summed E-state index contributed by atoms with van der Waals surface area (Å²) in [7, 11) is 0. The molecular weight excluding hydrogens is 464 g/mol. The summed E-state index contributed by atoms with van der Waals surface area (Å²) < 4.78 is 0. The maximum absolute atomic E-state index is 13.8. The number of hydrogen-bond acceptors (Lipinski definition) is 2. The molecule has 0 fully saturated rings. The highest BCUT2D eigenvalue weighted by Gasteiger charge is 2.38. The van der Waals surface area contributed by atoms with Crippen LogP contribution in [0.25, 0.3) is 11.3 Å². The van der Waals surface area contributed by atoms with Crippen LogP contribution in [0.3, 0.4) is 0 Å². The van der Waals surface area contributed by atoms with Gasteiger partial charge in [-0.2, -0.15) is 0 Å². The van der Waals surface area contributed by atoms with E-state index in [2.05, 4.69) is 102 Å². The van der Waals surface area contributed by atoms with Crippen molar-refractivity contribution in [2.24, 2.45) is 5.92 Å². The van der Waals surface area contributed by atoms with Gasteiger partial charge >= 0.3 is 0 Å². The number of carbonyl (C=O) groups excluding carboxylic acids is 1. The SMILES string of the molecule is CC(CC(=O)c1ncc(-c2ccccc2)[nH]1)(c1ccccc1)C(CCc1ccccc1)Cc1ccccc1. The third-order valence-electron chi connectivity index (χ3n) is 7.74. The third-order valence-corrected chi connectivity index (χ3v) is 7.74. The molecule has 0 aliphatic heterocycles. The molecule has 1 aromatic heterocycles. The number of H-pyrrole nitrogens is 1.